The summed E-state index contributed by atoms with van der Waals surface area (Å²) in [6.45, 7) is 1.43. The molecular weight excluding hydrogens is 230 g/mol. The van der Waals surface area contributed by atoms with Gasteiger partial charge in [-0.3, -0.25) is 4.79 Å². The Hall–Kier alpha value is -1.39. The summed E-state index contributed by atoms with van der Waals surface area (Å²) in [4.78, 5) is 11.7. The van der Waals surface area contributed by atoms with Crippen LogP contribution in [0, 0.1) is 0 Å². The molecule has 0 aromatic heterocycles. The first-order valence-electron chi connectivity index (χ1n) is 6.29. The van der Waals surface area contributed by atoms with Crippen molar-refractivity contribution in [2.75, 3.05) is 19.8 Å². The van der Waals surface area contributed by atoms with Crippen molar-refractivity contribution in [2.24, 2.45) is 0 Å². The summed E-state index contributed by atoms with van der Waals surface area (Å²) >= 11 is 0. The summed E-state index contributed by atoms with van der Waals surface area (Å²) < 4.78 is 5.19. The fourth-order valence-electron chi connectivity index (χ4n) is 2.04. The molecule has 0 radical (unpaired) electrons. The van der Waals surface area contributed by atoms with E-state index in [-0.39, 0.29) is 5.91 Å². The lowest BCUT2D eigenvalue weighted by molar-refractivity contribution is -0.123. The lowest BCUT2D eigenvalue weighted by Crippen LogP contribution is -2.46. The molecule has 2 N–H and O–H groups in total. The van der Waals surface area contributed by atoms with Gasteiger partial charge < -0.3 is 15.2 Å². The maximum atomic E-state index is 11.7. The molecule has 18 heavy (non-hydrogen) atoms. The fraction of sp³-hybridized carbons (Fsp3) is 0.500. The van der Waals surface area contributed by atoms with Crippen LogP contribution in [0.5, 0.6) is 0 Å². The minimum absolute atomic E-state index is 0.0545. The van der Waals surface area contributed by atoms with Crippen LogP contribution in [0.3, 0.4) is 0 Å². The molecule has 1 saturated heterocycles. The van der Waals surface area contributed by atoms with E-state index in [9.17, 15) is 9.90 Å². The van der Waals surface area contributed by atoms with Crippen molar-refractivity contribution in [1.82, 2.24) is 5.32 Å². The highest BCUT2D eigenvalue weighted by Crippen LogP contribution is 2.19. The summed E-state index contributed by atoms with van der Waals surface area (Å²) in [7, 11) is 0. The van der Waals surface area contributed by atoms with E-state index >= 15 is 0 Å². The first-order chi connectivity index (χ1) is 8.68. The smallest absolute Gasteiger partial charge is 0.224 e. The van der Waals surface area contributed by atoms with Gasteiger partial charge in [-0.2, -0.15) is 0 Å². The average Bonchev–Trinajstić information content (AvgIpc) is 2.39. The highest BCUT2D eigenvalue weighted by molar-refractivity contribution is 5.78. The largest absolute Gasteiger partial charge is 0.388 e. The number of nitrogens with one attached hydrogen (secondary N) is 1. The number of aliphatic hydroxyl groups is 1. The van der Waals surface area contributed by atoms with Crippen LogP contribution in [0.25, 0.3) is 0 Å². The molecule has 1 aliphatic heterocycles. The van der Waals surface area contributed by atoms with E-state index in [0.29, 0.717) is 39.0 Å². The van der Waals surface area contributed by atoms with Crippen molar-refractivity contribution in [3.8, 4) is 0 Å². The Morgan fingerprint density at radius 3 is 2.61 bits per heavy atom. The van der Waals surface area contributed by atoms with E-state index in [1.165, 1.54) is 0 Å². The SMILES string of the molecule is O=C(Cc1ccccc1)NCC1(O)CCOCC1. The molecule has 1 amide bonds. The summed E-state index contributed by atoms with van der Waals surface area (Å²) in [6.07, 6.45) is 1.52. The number of carbonyl (C=O) groups is 1. The lowest BCUT2D eigenvalue weighted by Gasteiger charge is -2.32. The van der Waals surface area contributed by atoms with Gasteiger partial charge in [0.1, 0.15) is 0 Å². The Kier molecular flexibility index (Phi) is 4.33. The monoisotopic (exact) mass is 249 g/mol. The molecular formula is C14H19NO3. The quantitative estimate of drug-likeness (QED) is 0.833. The molecule has 0 bridgehead atoms. The molecule has 98 valence electrons. The number of benzene rings is 1. The average molecular weight is 249 g/mol. The van der Waals surface area contributed by atoms with Gasteiger partial charge in [-0.15, -0.1) is 0 Å². The van der Waals surface area contributed by atoms with E-state index < -0.39 is 5.60 Å². The van der Waals surface area contributed by atoms with E-state index in [1.54, 1.807) is 0 Å². The zero-order valence-electron chi connectivity index (χ0n) is 10.4. The lowest BCUT2D eigenvalue weighted by atomic mass is 9.94. The van der Waals surface area contributed by atoms with Crippen molar-refractivity contribution in [3.05, 3.63) is 35.9 Å². The molecule has 0 saturated carbocycles. The van der Waals surface area contributed by atoms with Crippen LogP contribution in [0.15, 0.2) is 30.3 Å². The molecule has 0 unspecified atom stereocenters. The number of hydrogen-bond acceptors (Lipinski definition) is 3. The Morgan fingerprint density at radius 1 is 1.28 bits per heavy atom. The minimum atomic E-state index is -0.801. The molecule has 2 rings (SSSR count). The van der Waals surface area contributed by atoms with Crippen molar-refractivity contribution in [1.29, 1.82) is 0 Å². The summed E-state index contributed by atoms with van der Waals surface area (Å²) in [6, 6.07) is 9.58. The number of carbonyl (C=O) groups excluding carboxylic acids is 1. The third kappa shape index (κ3) is 3.82. The first kappa shape index (κ1) is 13.1. The van der Waals surface area contributed by atoms with Crippen LogP contribution in [-0.4, -0.2) is 36.4 Å². The molecule has 4 nitrogen and oxygen atoms in total. The van der Waals surface area contributed by atoms with Crippen LogP contribution >= 0.6 is 0 Å². The molecule has 1 fully saturated rings. The molecule has 4 heteroatoms. The van der Waals surface area contributed by atoms with Gasteiger partial charge in [-0.1, -0.05) is 30.3 Å². The van der Waals surface area contributed by atoms with Crippen molar-refractivity contribution in [2.45, 2.75) is 24.9 Å². The topological polar surface area (TPSA) is 58.6 Å². The highest BCUT2D eigenvalue weighted by atomic mass is 16.5. The second-order valence-corrected chi connectivity index (χ2v) is 4.78. The van der Waals surface area contributed by atoms with Crippen LogP contribution in [0.1, 0.15) is 18.4 Å². The summed E-state index contributed by atoms with van der Waals surface area (Å²) in [5.74, 6) is -0.0545. The number of amides is 1. The molecule has 1 heterocycles. The molecule has 0 aliphatic carbocycles. The van der Waals surface area contributed by atoms with Crippen molar-refractivity contribution < 1.29 is 14.6 Å². The van der Waals surface area contributed by atoms with Crippen LogP contribution in [0.4, 0.5) is 0 Å². The highest BCUT2D eigenvalue weighted by Gasteiger charge is 2.29. The van der Waals surface area contributed by atoms with Gasteiger partial charge in [0.05, 0.1) is 12.0 Å². The standard InChI is InChI=1S/C14H19NO3/c16-13(10-12-4-2-1-3-5-12)15-11-14(17)6-8-18-9-7-14/h1-5,17H,6-11H2,(H,15,16). The number of rotatable bonds is 4. The van der Waals surface area contributed by atoms with E-state index in [2.05, 4.69) is 5.32 Å². The molecule has 1 aliphatic rings. The maximum Gasteiger partial charge on any atom is 0.224 e. The van der Waals surface area contributed by atoms with E-state index in [4.69, 9.17) is 4.74 Å². The van der Waals surface area contributed by atoms with Gasteiger partial charge in [0.2, 0.25) is 5.91 Å². The van der Waals surface area contributed by atoms with Gasteiger partial charge in [0, 0.05) is 32.6 Å². The Bertz CT molecular complexity index is 385. The molecule has 1 aromatic carbocycles. The third-order valence-electron chi connectivity index (χ3n) is 3.25. The minimum Gasteiger partial charge on any atom is -0.388 e. The Morgan fingerprint density at radius 2 is 1.94 bits per heavy atom. The van der Waals surface area contributed by atoms with Gasteiger partial charge >= 0.3 is 0 Å². The zero-order chi connectivity index (χ0) is 12.8. The van der Waals surface area contributed by atoms with Gasteiger partial charge in [0.15, 0.2) is 0 Å². The van der Waals surface area contributed by atoms with E-state index in [1.807, 2.05) is 30.3 Å². The van der Waals surface area contributed by atoms with Gasteiger partial charge in [-0.05, 0) is 5.56 Å². The normalized spacial score (nSPS) is 18.3. The number of ether oxygens (including phenoxy) is 1. The Labute approximate surface area is 107 Å². The molecule has 0 atom stereocenters. The van der Waals surface area contributed by atoms with Crippen molar-refractivity contribution in [3.63, 3.8) is 0 Å². The second-order valence-electron chi connectivity index (χ2n) is 4.78. The third-order valence-corrected chi connectivity index (χ3v) is 3.25. The van der Waals surface area contributed by atoms with Crippen molar-refractivity contribution >= 4 is 5.91 Å². The Balaban J connectivity index is 1.78. The van der Waals surface area contributed by atoms with Crippen LogP contribution in [0.2, 0.25) is 0 Å². The van der Waals surface area contributed by atoms with Gasteiger partial charge in [-0.25, -0.2) is 0 Å². The summed E-state index contributed by atoms with van der Waals surface area (Å²) in [5.41, 5.74) is 0.180. The molecule has 1 aromatic rings. The maximum absolute atomic E-state index is 11.7. The fourth-order valence-corrected chi connectivity index (χ4v) is 2.04. The number of hydrogen-bond donors (Lipinski definition) is 2. The predicted octanol–water partition coefficient (Wildman–Crippen LogP) is 0.887. The first-order valence-corrected chi connectivity index (χ1v) is 6.29. The van der Waals surface area contributed by atoms with Crippen LogP contribution in [-0.2, 0) is 16.0 Å². The van der Waals surface area contributed by atoms with Gasteiger partial charge in [0.25, 0.3) is 0 Å². The zero-order valence-corrected chi connectivity index (χ0v) is 10.4. The second kappa shape index (κ2) is 5.98. The predicted molar refractivity (Wildman–Crippen MR) is 68.2 cm³/mol. The molecule has 0 spiro atoms. The van der Waals surface area contributed by atoms with Crippen LogP contribution < -0.4 is 5.32 Å². The summed E-state index contributed by atoms with van der Waals surface area (Å²) in [5, 5.41) is 13.0. The van der Waals surface area contributed by atoms with E-state index in [0.717, 1.165) is 5.56 Å².